The molecule has 4 nitrogen and oxygen atoms in total. The Morgan fingerprint density at radius 3 is 2.70 bits per heavy atom. The molecule has 1 fully saturated rings. The highest BCUT2D eigenvalue weighted by molar-refractivity contribution is 9.10. The van der Waals surface area contributed by atoms with Crippen molar-refractivity contribution in [2.75, 3.05) is 0 Å². The summed E-state index contributed by atoms with van der Waals surface area (Å²) in [6.07, 6.45) is 1.35. The van der Waals surface area contributed by atoms with Gasteiger partial charge in [0, 0.05) is 10.0 Å². The molecular weight excluding hydrogens is 327 g/mol. The minimum absolute atomic E-state index is 0.0525. The van der Waals surface area contributed by atoms with Crippen LogP contribution in [0.3, 0.4) is 0 Å². The lowest BCUT2D eigenvalue weighted by atomic mass is 9.96. The number of benzene rings is 1. The van der Waals surface area contributed by atoms with Crippen LogP contribution in [0.1, 0.15) is 32.3 Å². The van der Waals surface area contributed by atoms with Crippen molar-refractivity contribution >= 4 is 27.9 Å². The van der Waals surface area contributed by atoms with E-state index in [4.69, 9.17) is 0 Å². The second kappa shape index (κ2) is 5.52. The molecule has 1 aliphatic heterocycles. The van der Waals surface area contributed by atoms with E-state index in [1.807, 2.05) is 6.92 Å². The molecule has 2 rings (SSSR count). The lowest BCUT2D eigenvalue weighted by Gasteiger charge is -2.20. The number of hydrogen-bond donors (Lipinski definition) is 1. The summed E-state index contributed by atoms with van der Waals surface area (Å²) < 4.78 is 14.4. The van der Waals surface area contributed by atoms with Crippen LogP contribution in [0.2, 0.25) is 0 Å². The molecule has 1 aromatic carbocycles. The van der Waals surface area contributed by atoms with Gasteiger partial charge in [0.05, 0.1) is 6.54 Å². The summed E-state index contributed by atoms with van der Waals surface area (Å²) in [5.74, 6) is -0.740. The molecule has 3 amide bonds. The average Bonchev–Trinajstić information content (AvgIpc) is 2.56. The molecule has 0 radical (unpaired) electrons. The highest BCUT2D eigenvalue weighted by atomic mass is 79.9. The van der Waals surface area contributed by atoms with Crippen molar-refractivity contribution in [1.82, 2.24) is 10.2 Å². The van der Waals surface area contributed by atoms with Crippen LogP contribution in [0.15, 0.2) is 22.7 Å². The van der Waals surface area contributed by atoms with E-state index < -0.39 is 17.4 Å². The fourth-order valence-corrected chi connectivity index (χ4v) is 2.71. The van der Waals surface area contributed by atoms with Gasteiger partial charge in [0.1, 0.15) is 11.4 Å². The summed E-state index contributed by atoms with van der Waals surface area (Å²) in [5, 5.41) is 2.69. The molecule has 1 heterocycles. The predicted octanol–water partition coefficient (Wildman–Crippen LogP) is 3.20. The Hall–Kier alpha value is -1.43. The van der Waals surface area contributed by atoms with Gasteiger partial charge in [-0.15, -0.1) is 0 Å². The first kappa shape index (κ1) is 15.0. The molecule has 0 aliphatic carbocycles. The maximum Gasteiger partial charge on any atom is 0.325 e. The Kier molecular flexibility index (Phi) is 4.13. The summed E-state index contributed by atoms with van der Waals surface area (Å²) in [4.78, 5) is 25.3. The Bertz CT molecular complexity index is 564. The number of carbonyl (C=O) groups is 2. The van der Waals surface area contributed by atoms with Gasteiger partial charge in [-0.3, -0.25) is 9.69 Å². The molecule has 0 aromatic heterocycles. The van der Waals surface area contributed by atoms with Gasteiger partial charge in [-0.05, 0) is 25.5 Å². The molecule has 1 aliphatic rings. The van der Waals surface area contributed by atoms with E-state index >= 15 is 0 Å². The third kappa shape index (κ3) is 2.70. The van der Waals surface area contributed by atoms with Crippen molar-refractivity contribution in [2.45, 2.75) is 38.8 Å². The molecule has 0 saturated carbocycles. The molecule has 108 valence electrons. The predicted molar refractivity (Wildman–Crippen MR) is 76.5 cm³/mol. The van der Waals surface area contributed by atoms with Crippen LogP contribution in [0.4, 0.5) is 9.18 Å². The van der Waals surface area contributed by atoms with Crippen LogP contribution in [0.5, 0.6) is 0 Å². The normalized spacial score (nSPS) is 22.3. The lowest BCUT2D eigenvalue weighted by Crippen LogP contribution is -2.43. The van der Waals surface area contributed by atoms with Gasteiger partial charge in [-0.25, -0.2) is 9.18 Å². The number of hydrogen-bond acceptors (Lipinski definition) is 2. The van der Waals surface area contributed by atoms with E-state index in [1.165, 1.54) is 6.07 Å². The smallest absolute Gasteiger partial charge is 0.323 e. The van der Waals surface area contributed by atoms with E-state index in [0.29, 0.717) is 16.5 Å². The van der Waals surface area contributed by atoms with Gasteiger partial charge in [-0.1, -0.05) is 35.3 Å². The van der Waals surface area contributed by atoms with Gasteiger partial charge in [0.2, 0.25) is 0 Å². The van der Waals surface area contributed by atoms with Crippen LogP contribution < -0.4 is 5.32 Å². The first-order valence-corrected chi connectivity index (χ1v) is 7.24. The first-order valence-electron chi connectivity index (χ1n) is 6.45. The van der Waals surface area contributed by atoms with E-state index in [0.717, 1.165) is 11.3 Å². The zero-order valence-electron chi connectivity index (χ0n) is 11.4. The number of halogens is 2. The standard InChI is InChI=1S/C14H16BrFN2O2/c1-3-6-14(2)12(19)18(13(20)17-14)8-9-4-5-10(15)7-11(9)16/h4-5,7H,3,6,8H2,1-2H3,(H,17,20). The Labute approximate surface area is 125 Å². The largest absolute Gasteiger partial charge is 0.325 e. The zero-order chi connectivity index (χ0) is 14.9. The summed E-state index contributed by atoms with van der Waals surface area (Å²) in [6.45, 7) is 3.60. The lowest BCUT2D eigenvalue weighted by molar-refractivity contribution is -0.131. The van der Waals surface area contributed by atoms with Crippen molar-refractivity contribution in [3.8, 4) is 0 Å². The molecule has 6 heteroatoms. The molecular formula is C14H16BrFN2O2. The fraction of sp³-hybridized carbons (Fsp3) is 0.429. The van der Waals surface area contributed by atoms with E-state index in [9.17, 15) is 14.0 Å². The number of imide groups is 1. The van der Waals surface area contributed by atoms with Crippen molar-refractivity contribution in [2.24, 2.45) is 0 Å². The monoisotopic (exact) mass is 342 g/mol. The maximum atomic E-state index is 13.8. The number of rotatable bonds is 4. The van der Waals surface area contributed by atoms with E-state index in [2.05, 4.69) is 21.2 Å². The second-order valence-corrected chi connectivity index (χ2v) is 6.05. The highest BCUT2D eigenvalue weighted by Crippen LogP contribution is 2.25. The topological polar surface area (TPSA) is 49.4 Å². The molecule has 0 bridgehead atoms. The second-order valence-electron chi connectivity index (χ2n) is 5.14. The molecule has 1 N–H and O–H groups in total. The van der Waals surface area contributed by atoms with Crippen LogP contribution >= 0.6 is 15.9 Å². The Balaban J connectivity index is 2.21. The van der Waals surface area contributed by atoms with Gasteiger partial charge in [0.25, 0.3) is 5.91 Å². The van der Waals surface area contributed by atoms with Gasteiger partial charge >= 0.3 is 6.03 Å². The quantitative estimate of drug-likeness (QED) is 0.854. The number of urea groups is 1. The van der Waals surface area contributed by atoms with E-state index in [1.54, 1.807) is 19.1 Å². The van der Waals surface area contributed by atoms with Crippen molar-refractivity contribution in [3.05, 3.63) is 34.1 Å². The first-order chi connectivity index (χ1) is 9.37. The van der Waals surface area contributed by atoms with Crippen LogP contribution in [-0.2, 0) is 11.3 Å². The Morgan fingerprint density at radius 1 is 1.40 bits per heavy atom. The van der Waals surface area contributed by atoms with E-state index in [-0.39, 0.29) is 12.5 Å². The number of nitrogens with zero attached hydrogens (tertiary/aromatic N) is 1. The summed E-state index contributed by atoms with van der Waals surface area (Å²) >= 11 is 3.17. The summed E-state index contributed by atoms with van der Waals surface area (Å²) in [6, 6.07) is 4.10. The fourth-order valence-electron chi connectivity index (χ4n) is 2.38. The van der Waals surface area contributed by atoms with Crippen LogP contribution in [-0.4, -0.2) is 22.4 Å². The highest BCUT2D eigenvalue weighted by Gasteiger charge is 2.46. The molecule has 1 atom stereocenters. The number of amides is 3. The van der Waals surface area contributed by atoms with Crippen LogP contribution in [0.25, 0.3) is 0 Å². The number of carbonyl (C=O) groups excluding carboxylic acids is 2. The average molecular weight is 343 g/mol. The molecule has 20 heavy (non-hydrogen) atoms. The molecule has 0 spiro atoms. The molecule has 1 aromatic rings. The third-order valence-electron chi connectivity index (χ3n) is 3.44. The summed E-state index contributed by atoms with van der Waals surface area (Å²) in [5.41, 5.74) is -0.560. The van der Waals surface area contributed by atoms with Crippen molar-refractivity contribution < 1.29 is 14.0 Å². The van der Waals surface area contributed by atoms with Crippen molar-refractivity contribution in [3.63, 3.8) is 0 Å². The van der Waals surface area contributed by atoms with Gasteiger partial charge < -0.3 is 5.32 Å². The van der Waals surface area contributed by atoms with Crippen LogP contribution in [0, 0.1) is 5.82 Å². The SMILES string of the molecule is CCCC1(C)NC(=O)N(Cc2ccc(Br)cc2F)C1=O. The minimum Gasteiger partial charge on any atom is -0.323 e. The zero-order valence-corrected chi connectivity index (χ0v) is 13.0. The minimum atomic E-state index is -0.877. The third-order valence-corrected chi connectivity index (χ3v) is 3.93. The summed E-state index contributed by atoms with van der Waals surface area (Å²) in [7, 11) is 0. The van der Waals surface area contributed by atoms with Crippen molar-refractivity contribution in [1.29, 1.82) is 0 Å². The molecule has 1 saturated heterocycles. The molecule has 1 unspecified atom stereocenters. The Morgan fingerprint density at radius 2 is 2.10 bits per heavy atom. The maximum absolute atomic E-state index is 13.8. The van der Waals surface area contributed by atoms with Gasteiger partial charge in [-0.2, -0.15) is 0 Å². The van der Waals surface area contributed by atoms with Gasteiger partial charge in [0.15, 0.2) is 0 Å². The number of nitrogens with one attached hydrogen (secondary N) is 1.